The first-order valence-corrected chi connectivity index (χ1v) is 14.3. The quantitative estimate of drug-likeness (QED) is 0.215. The van der Waals surface area contributed by atoms with Crippen LogP contribution in [0, 0.1) is 0 Å². The highest BCUT2D eigenvalue weighted by atomic mass is 16.4. The number of benzene rings is 6. The summed E-state index contributed by atoms with van der Waals surface area (Å²) in [6, 6.07) is 48.3. The number of fused-ring (bicyclic) bond motifs is 3. The van der Waals surface area contributed by atoms with Crippen LogP contribution in [0.4, 0.5) is 34.1 Å². The normalized spacial score (nSPS) is 13.4. The van der Waals surface area contributed by atoms with E-state index in [2.05, 4.69) is 121 Å². The summed E-state index contributed by atoms with van der Waals surface area (Å²) in [7, 11) is -1.54. The van der Waals surface area contributed by atoms with Gasteiger partial charge in [-0.3, -0.25) is 0 Å². The molecule has 0 fully saturated rings. The molecule has 6 aromatic carbocycles. The lowest BCUT2D eigenvalue weighted by Crippen LogP contribution is -2.36. The van der Waals surface area contributed by atoms with Gasteiger partial charge in [0.2, 0.25) is 0 Å². The van der Waals surface area contributed by atoms with E-state index in [1.165, 1.54) is 10.8 Å². The van der Waals surface area contributed by atoms with Gasteiger partial charge in [-0.05, 0) is 88.0 Å². The van der Waals surface area contributed by atoms with Crippen molar-refractivity contribution < 1.29 is 10.0 Å². The Bertz CT molecular complexity index is 1900. The van der Waals surface area contributed by atoms with Gasteiger partial charge in [0.25, 0.3) is 0 Å². The van der Waals surface area contributed by atoms with Crippen molar-refractivity contribution in [1.29, 1.82) is 0 Å². The smallest absolute Gasteiger partial charge is 0.423 e. The molecule has 0 unspecified atom stereocenters. The Kier molecular flexibility index (Phi) is 6.35. The molecular formula is C37H31BN2O2. The van der Waals surface area contributed by atoms with E-state index in [0.717, 1.165) is 45.3 Å². The standard InChI is InChI=1S/C37H31BN2O2/c1-37(2)33-24-28(38(41)42)18-21-35(33)40(30-15-7-4-8-16-30)36-22-20-32(25-34(36)37)39(29-13-5-3-6-14-29)31-19-17-26-11-9-10-12-27(26)23-31/h3-25,41-42H,1-2H3. The van der Waals surface area contributed by atoms with E-state index in [9.17, 15) is 10.0 Å². The van der Waals surface area contributed by atoms with Gasteiger partial charge < -0.3 is 19.8 Å². The Morgan fingerprint density at radius 1 is 0.548 bits per heavy atom. The second-order valence-corrected chi connectivity index (χ2v) is 11.4. The molecule has 0 saturated carbocycles. The fourth-order valence-electron chi connectivity index (χ4n) is 6.24. The summed E-state index contributed by atoms with van der Waals surface area (Å²) >= 11 is 0. The second-order valence-electron chi connectivity index (χ2n) is 11.4. The lowest BCUT2D eigenvalue weighted by Gasteiger charge is -2.43. The molecule has 5 heteroatoms. The van der Waals surface area contributed by atoms with E-state index in [1.807, 2.05) is 36.4 Å². The van der Waals surface area contributed by atoms with Crippen molar-refractivity contribution in [2.75, 3.05) is 9.80 Å². The number of hydrogen-bond donors (Lipinski definition) is 2. The lowest BCUT2D eigenvalue weighted by atomic mass is 9.70. The van der Waals surface area contributed by atoms with Crippen molar-refractivity contribution in [1.82, 2.24) is 0 Å². The van der Waals surface area contributed by atoms with Crippen molar-refractivity contribution in [2.24, 2.45) is 0 Å². The molecule has 0 saturated heterocycles. The molecule has 1 heterocycles. The third-order valence-corrected chi connectivity index (χ3v) is 8.41. The molecule has 0 atom stereocenters. The minimum absolute atomic E-state index is 0.414. The fraction of sp³-hybridized carbons (Fsp3) is 0.0811. The average Bonchev–Trinajstić information content (AvgIpc) is 3.02. The Morgan fingerprint density at radius 2 is 1.12 bits per heavy atom. The highest BCUT2D eigenvalue weighted by Crippen LogP contribution is 2.53. The van der Waals surface area contributed by atoms with E-state index >= 15 is 0 Å². The number of para-hydroxylation sites is 2. The van der Waals surface area contributed by atoms with Crippen LogP contribution in [0.1, 0.15) is 25.0 Å². The molecule has 1 aliphatic heterocycles. The van der Waals surface area contributed by atoms with E-state index in [-0.39, 0.29) is 0 Å². The van der Waals surface area contributed by atoms with Crippen LogP contribution >= 0.6 is 0 Å². The summed E-state index contributed by atoms with van der Waals surface area (Å²) in [4.78, 5) is 4.58. The molecule has 0 spiro atoms. The summed E-state index contributed by atoms with van der Waals surface area (Å²) in [6.07, 6.45) is 0. The maximum atomic E-state index is 10.1. The molecule has 0 amide bonds. The zero-order valence-corrected chi connectivity index (χ0v) is 23.6. The molecule has 0 radical (unpaired) electrons. The van der Waals surface area contributed by atoms with Gasteiger partial charge in [0.1, 0.15) is 0 Å². The first-order valence-electron chi connectivity index (χ1n) is 14.3. The third kappa shape index (κ3) is 4.35. The summed E-state index contributed by atoms with van der Waals surface area (Å²) in [5, 5.41) is 22.5. The van der Waals surface area contributed by atoms with Crippen molar-refractivity contribution in [3.63, 3.8) is 0 Å². The molecule has 204 valence electrons. The van der Waals surface area contributed by atoms with Crippen LogP contribution in [-0.4, -0.2) is 17.2 Å². The van der Waals surface area contributed by atoms with Crippen molar-refractivity contribution in [3.05, 3.63) is 151 Å². The molecule has 0 bridgehead atoms. The van der Waals surface area contributed by atoms with E-state index in [0.29, 0.717) is 5.46 Å². The van der Waals surface area contributed by atoms with Crippen LogP contribution in [0.2, 0.25) is 0 Å². The van der Waals surface area contributed by atoms with Gasteiger partial charge in [0.15, 0.2) is 0 Å². The van der Waals surface area contributed by atoms with Gasteiger partial charge in [-0.2, -0.15) is 0 Å². The fourth-order valence-corrected chi connectivity index (χ4v) is 6.24. The number of anilines is 6. The number of rotatable bonds is 5. The van der Waals surface area contributed by atoms with E-state index in [1.54, 1.807) is 6.07 Å². The number of hydrogen-bond acceptors (Lipinski definition) is 4. The number of nitrogens with zero attached hydrogens (tertiary/aromatic N) is 2. The Hall–Kier alpha value is -4.84. The van der Waals surface area contributed by atoms with Gasteiger partial charge in [-0.1, -0.05) is 92.7 Å². The van der Waals surface area contributed by atoms with Gasteiger partial charge in [-0.15, -0.1) is 0 Å². The Balaban J connectivity index is 1.45. The van der Waals surface area contributed by atoms with Gasteiger partial charge >= 0.3 is 7.12 Å². The molecular weight excluding hydrogens is 515 g/mol. The predicted octanol–water partition coefficient (Wildman–Crippen LogP) is 8.10. The van der Waals surface area contributed by atoms with Crippen LogP contribution in [0.5, 0.6) is 0 Å². The maximum Gasteiger partial charge on any atom is 0.488 e. The summed E-state index contributed by atoms with van der Waals surface area (Å²) in [5.41, 5.74) is 8.66. The van der Waals surface area contributed by atoms with Crippen LogP contribution in [0.3, 0.4) is 0 Å². The topological polar surface area (TPSA) is 46.9 Å². The predicted molar refractivity (Wildman–Crippen MR) is 175 cm³/mol. The van der Waals surface area contributed by atoms with E-state index in [4.69, 9.17) is 0 Å². The van der Waals surface area contributed by atoms with Crippen LogP contribution in [0.15, 0.2) is 140 Å². The lowest BCUT2D eigenvalue weighted by molar-refractivity contribution is 0.425. The highest BCUT2D eigenvalue weighted by Gasteiger charge is 2.38. The zero-order valence-electron chi connectivity index (χ0n) is 23.6. The summed E-state index contributed by atoms with van der Waals surface area (Å²) in [5.74, 6) is 0. The third-order valence-electron chi connectivity index (χ3n) is 8.41. The van der Waals surface area contributed by atoms with Gasteiger partial charge in [0, 0.05) is 28.2 Å². The highest BCUT2D eigenvalue weighted by molar-refractivity contribution is 6.58. The minimum Gasteiger partial charge on any atom is -0.423 e. The summed E-state index contributed by atoms with van der Waals surface area (Å²) < 4.78 is 0. The first-order chi connectivity index (χ1) is 20.4. The summed E-state index contributed by atoms with van der Waals surface area (Å²) in [6.45, 7) is 4.43. The van der Waals surface area contributed by atoms with Gasteiger partial charge in [-0.25, -0.2) is 0 Å². The van der Waals surface area contributed by atoms with Crippen LogP contribution in [0.25, 0.3) is 10.8 Å². The molecule has 6 aromatic rings. The molecule has 1 aliphatic rings. The van der Waals surface area contributed by atoms with Crippen LogP contribution < -0.4 is 15.3 Å². The monoisotopic (exact) mass is 546 g/mol. The Morgan fingerprint density at radius 3 is 1.83 bits per heavy atom. The maximum absolute atomic E-state index is 10.1. The Labute approximate surface area is 246 Å². The molecule has 0 aliphatic carbocycles. The second kappa shape index (κ2) is 10.2. The van der Waals surface area contributed by atoms with Crippen molar-refractivity contribution in [2.45, 2.75) is 19.3 Å². The molecule has 2 N–H and O–H groups in total. The zero-order chi connectivity index (χ0) is 28.8. The van der Waals surface area contributed by atoms with Crippen LogP contribution in [-0.2, 0) is 5.41 Å². The minimum atomic E-state index is -1.54. The molecule has 4 nitrogen and oxygen atoms in total. The molecule has 0 aromatic heterocycles. The van der Waals surface area contributed by atoms with Crippen molar-refractivity contribution >= 4 is 57.5 Å². The largest absolute Gasteiger partial charge is 0.488 e. The van der Waals surface area contributed by atoms with Gasteiger partial charge in [0.05, 0.1) is 11.4 Å². The molecule has 7 rings (SSSR count). The van der Waals surface area contributed by atoms with Crippen molar-refractivity contribution in [3.8, 4) is 0 Å². The first kappa shape index (κ1) is 26.1. The average molecular weight is 546 g/mol. The SMILES string of the molecule is CC1(C)c2cc(B(O)O)ccc2N(c2ccccc2)c2ccc(N(c3ccccc3)c3ccc4ccccc4c3)cc21. The molecule has 42 heavy (non-hydrogen) atoms. The van der Waals surface area contributed by atoms with E-state index < -0.39 is 12.5 Å².